The summed E-state index contributed by atoms with van der Waals surface area (Å²) in [5, 5.41) is 24.6. The van der Waals surface area contributed by atoms with Crippen molar-refractivity contribution in [2.45, 2.75) is 9.37 Å². The van der Waals surface area contributed by atoms with E-state index in [1.54, 1.807) is 18.6 Å². The molecule has 0 spiro atoms. The zero-order valence-electron chi connectivity index (χ0n) is 9.43. The lowest BCUT2D eigenvalue weighted by Crippen LogP contribution is -1.93. The van der Waals surface area contributed by atoms with Gasteiger partial charge in [-0.05, 0) is 16.7 Å². The van der Waals surface area contributed by atoms with E-state index in [1.165, 1.54) is 27.1 Å². The maximum absolute atomic E-state index is 11.1. The molecular weight excluding hydrogens is 308 g/mol. The van der Waals surface area contributed by atoms with Crippen LogP contribution in [0.4, 0.5) is 10.9 Å². The highest BCUT2D eigenvalue weighted by molar-refractivity contribution is 8.01. The minimum atomic E-state index is -0.435. The van der Waals surface area contributed by atoms with Crippen LogP contribution in [-0.4, -0.2) is 31.6 Å². The van der Waals surface area contributed by atoms with Gasteiger partial charge in [-0.3, -0.25) is 0 Å². The number of fused-ring (bicyclic) bond motifs is 1. The van der Waals surface area contributed by atoms with Gasteiger partial charge >= 0.3 is 5.82 Å². The van der Waals surface area contributed by atoms with Crippen LogP contribution in [0.15, 0.2) is 20.9 Å². The van der Waals surface area contributed by atoms with Crippen molar-refractivity contribution >= 4 is 50.3 Å². The van der Waals surface area contributed by atoms with Crippen LogP contribution in [0.1, 0.15) is 0 Å². The number of nitrogens with zero attached hydrogens (tertiary/aromatic N) is 5. The summed E-state index contributed by atoms with van der Waals surface area (Å²) >= 11 is 3.82. The van der Waals surface area contributed by atoms with Gasteiger partial charge in [0.1, 0.15) is 6.20 Å². The molecular formula is C8H6N6O2S3. The summed E-state index contributed by atoms with van der Waals surface area (Å²) < 4.78 is 2.07. The molecule has 3 aromatic rings. The number of thiazole rings is 1. The second-order valence-corrected chi connectivity index (χ2v) is 6.36. The Balaban J connectivity index is 2.02. The lowest BCUT2D eigenvalue weighted by molar-refractivity contribution is -0.393. The normalized spacial score (nSPS) is 11.0. The van der Waals surface area contributed by atoms with Crippen molar-refractivity contribution in [2.75, 3.05) is 12.4 Å². The summed E-state index contributed by atoms with van der Waals surface area (Å²) in [4.78, 5) is 15.5. The number of hydrogen-bond donors (Lipinski definition) is 1. The summed E-state index contributed by atoms with van der Waals surface area (Å²) in [6.07, 6.45) is 1.63. The molecule has 0 aliphatic heterocycles. The summed E-state index contributed by atoms with van der Waals surface area (Å²) in [5.74, 6) is -0.0394. The topological polar surface area (TPSA) is 98.2 Å². The Hall–Kier alpha value is -1.72. The van der Waals surface area contributed by atoms with Gasteiger partial charge < -0.3 is 15.4 Å². The zero-order valence-corrected chi connectivity index (χ0v) is 11.9. The third kappa shape index (κ3) is 2.15. The fraction of sp³-hybridized carbons (Fsp3) is 0.125. The van der Waals surface area contributed by atoms with E-state index in [2.05, 4.69) is 20.5 Å². The average molecular weight is 314 g/mol. The molecule has 3 rings (SSSR count). The van der Waals surface area contributed by atoms with Crippen molar-refractivity contribution in [2.24, 2.45) is 0 Å². The monoisotopic (exact) mass is 314 g/mol. The summed E-state index contributed by atoms with van der Waals surface area (Å²) in [6, 6.07) is 0. The predicted octanol–water partition coefficient (Wildman–Crippen LogP) is 2.35. The molecule has 0 saturated heterocycles. The van der Waals surface area contributed by atoms with Crippen molar-refractivity contribution in [3.63, 3.8) is 0 Å². The van der Waals surface area contributed by atoms with Gasteiger partial charge in [-0.2, -0.15) is 9.38 Å². The molecule has 0 radical (unpaired) electrons. The molecule has 3 heterocycles. The lowest BCUT2D eigenvalue weighted by Gasteiger charge is -1.94. The van der Waals surface area contributed by atoms with E-state index in [4.69, 9.17) is 0 Å². The molecule has 3 aromatic heterocycles. The molecule has 0 unspecified atom stereocenters. The minimum Gasteiger partial charge on any atom is -0.363 e. The molecule has 11 heteroatoms. The molecule has 0 bridgehead atoms. The van der Waals surface area contributed by atoms with Gasteiger partial charge in [0, 0.05) is 12.4 Å². The van der Waals surface area contributed by atoms with Crippen LogP contribution in [-0.2, 0) is 0 Å². The van der Waals surface area contributed by atoms with E-state index in [9.17, 15) is 10.1 Å². The highest BCUT2D eigenvalue weighted by Gasteiger charge is 2.25. The van der Waals surface area contributed by atoms with E-state index in [0.29, 0.717) is 19.5 Å². The summed E-state index contributed by atoms with van der Waals surface area (Å²) in [6.45, 7) is 0. The number of nitrogens with one attached hydrogen (secondary N) is 1. The quantitative estimate of drug-likeness (QED) is 0.583. The van der Waals surface area contributed by atoms with Gasteiger partial charge in [-0.1, -0.05) is 22.7 Å². The van der Waals surface area contributed by atoms with E-state index in [0.717, 1.165) is 11.8 Å². The first-order valence-corrected chi connectivity index (χ1v) is 7.49. The van der Waals surface area contributed by atoms with Crippen LogP contribution in [0.3, 0.4) is 0 Å². The van der Waals surface area contributed by atoms with Gasteiger partial charge in [0.25, 0.3) is 4.96 Å². The molecule has 0 fully saturated rings. The molecule has 19 heavy (non-hydrogen) atoms. The molecule has 0 aromatic carbocycles. The largest absolute Gasteiger partial charge is 0.363 e. The van der Waals surface area contributed by atoms with Crippen molar-refractivity contribution in [1.82, 2.24) is 19.6 Å². The first-order chi connectivity index (χ1) is 9.19. The van der Waals surface area contributed by atoms with Crippen molar-refractivity contribution in [3.05, 3.63) is 21.7 Å². The third-order valence-electron chi connectivity index (χ3n) is 2.18. The standard InChI is InChI=1S/C8H6N6O2S3/c1-9-6-11-12-8(19-6)18-4-5(14(15)16)13-2-3-17-7(13)10-4/h2-3H,1H3,(H,9,11). The maximum atomic E-state index is 11.1. The third-order valence-corrected chi connectivity index (χ3v) is 4.90. The first kappa shape index (κ1) is 12.3. The molecule has 0 aliphatic carbocycles. The second kappa shape index (κ2) is 4.75. The number of hydrogen-bond acceptors (Lipinski definition) is 9. The van der Waals surface area contributed by atoms with Gasteiger partial charge in [-0.25, -0.2) is 0 Å². The van der Waals surface area contributed by atoms with Crippen LogP contribution < -0.4 is 5.32 Å². The van der Waals surface area contributed by atoms with E-state index >= 15 is 0 Å². The highest BCUT2D eigenvalue weighted by Crippen LogP contribution is 2.37. The SMILES string of the molecule is CNc1nnc(Sc2nc3sccn3c2[N+](=O)[O-])s1. The minimum absolute atomic E-state index is 0.0394. The van der Waals surface area contributed by atoms with Gasteiger partial charge in [0.15, 0.2) is 4.34 Å². The van der Waals surface area contributed by atoms with Crippen molar-refractivity contribution in [1.29, 1.82) is 0 Å². The van der Waals surface area contributed by atoms with Crippen molar-refractivity contribution in [3.8, 4) is 0 Å². The van der Waals surface area contributed by atoms with Gasteiger partial charge in [0.05, 0.1) is 0 Å². The number of anilines is 1. The van der Waals surface area contributed by atoms with E-state index < -0.39 is 4.92 Å². The Morgan fingerprint density at radius 1 is 1.53 bits per heavy atom. The Kier molecular flexibility index (Phi) is 3.08. The van der Waals surface area contributed by atoms with E-state index in [1.807, 2.05) is 0 Å². The molecule has 8 nitrogen and oxygen atoms in total. The Morgan fingerprint density at radius 2 is 2.37 bits per heavy atom. The van der Waals surface area contributed by atoms with Crippen LogP contribution in [0.25, 0.3) is 4.96 Å². The number of aromatic nitrogens is 4. The number of imidazole rings is 1. The maximum Gasteiger partial charge on any atom is 0.363 e. The molecule has 0 saturated carbocycles. The average Bonchev–Trinajstić information content (AvgIpc) is 3.03. The van der Waals surface area contributed by atoms with Crippen molar-refractivity contribution < 1.29 is 4.92 Å². The second-order valence-electron chi connectivity index (χ2n) is 3.28. The number of rotatable bonds is 4. The van der Waals surface area contributed by atoms with Crippen LogP contribution in [0, 0.1) is 10.1 Å². The van der Waals surface area contributed by atoms with Crippen LogP contribution in [0.5, 0.6) is 0 Å². The smallest absolute Gasteiger partial charge is 0.363 e. The number of nitro groups is 1. The van der Waals surface area contributed by atoms with Crippen LogP contribution >= 0.6 is 34.4 Å². The Bertz CT molecular complexity index is 747. The lowest BCUT2D eigenvalue weighted by atomic mass is 10.7. The molecule has 1 N–H and O–H groups in total. The van der Waals surface area contributed by atoms with Crippen LogP contribution in [0.2, 0.25) is 0 Å². The molecule has 0 atom stereocenters. The highest BCUT2D eigenvalue weighted by atomic mass is 32.2. The fourth-order valence-electron chi connectivity index (χ4n) is 1.42. The van der Waals surface area contributed by atoms with Gasteiger partial charge in [-0.15, -0.1) is 10.2 Å². The van der Waals surface area contributed by atoms with Gasteiger partial charge in [0.2, 0.25) is 10.2 Å². The summed E-state index contributed by atoms with van der Waals surface area (Å²) in [5.41, 5.74) is 0. The zero-order chi connectivity index (χ0) is 13.4. The Morgan fingerprint density at radius 3 is 3.05 bits per heavy atom. The predicted molar refractivity (Wildman–Crippen MR) is 73.3 cm³/mol. The molecule has 0 aliphatic rings. The first-order valence-electron chi connectivity index (χ1n) is 4.98. The fourth-order valence-corrected chi connectivity index (χ4v) is 3.90. The molecule has 0 amide bonds. The van der Waals surface area contributed by atoms with E-state index in [-0.39, 0.29) is 5.82 Å². The summed E-state index contributed by atoms with van der Waals surface area (Å²) in [7, 11) is 1.74. The molecule has 98 valence electrons. The Labute approximate surface area is 118 Å².